The van der Waals surface area contributed by atoms with E-state index in [0.29, 0.717) is 12.1 Å². The zero-order valence-corrected chi connectivity index (χ0v) is 12.2. The molecule has 1 saturated carbocycles. The van der Waals surface area contributed by atoms with Crippen molar-refractivity contribution < 1.29 is 4.74 Å². The number of ether oxygens (including phenoxy) is 1. The number of para-hydroxylation sites is 1. The van der Waals surface area contributed by atoms with Crippen LogP contribution in [-0.2, 0) is 11.2 Å². The second kappa shape index (κ2) is 6.42. The normalized spacial score (nSPS) is 23.2. The number of methoxy groups -OCH3 is 1. The summed E-state index contributed by atoms with van der Waals surface area (Å²) in [7, 11) is 1.84. The summed E-state index contributed by atoms with van der Waals surface area (Å²) in [5.41, 5.74) is 2.63. The van der Waals surface area contributed by atoms with E-state index in [1.54, 1.807) is 0 Å². The van der Waals surface area contributed by atoms with E-state index in [1.165, 1.54) is 42.1 Å². The summed E-state index contributed by atoms with van der Waals surface area (Å²) in [5, 5.41) is 5.04. The SMILES string of the molecule is CO[C@H]1CCCC[C@@H]1NCCc1c[nH]c2ccccc12. The fraction of sp³-hybridized carbons (Fsp3) is 0.529. The molecule has 0 aliphatic heterocycles. The van der Waals surface area contributed by atoms with Gasteiger partial charge in [-0.1, -0.05) is 31.0 Å². The molecule has 108 valence electrons. The second-order valence-electron chi connectivity index (χ2n) is 5.73. The Bertz CT molecular complexity index is 549. The maximum absolute atomic E-state index is 5.59. The van der Waals surface area contributed by atoms with Crippen molar-refractivity contribution in [2.24, 2.45) is 0 Å². The van der Waals surface area contributed by atoms with Crippen molar-refractivity contribution in [2.45, 2.75) is 44.2 Å². The van der Waals surface area contributed by atoms with Crippen LogP contribution in [-0.4, -0.2) is 30.8 Å². The third-order valence-corrected chi connectivity index (χ3v) is 4.48. The van der Waals surface area contributed by atoms with Crippen molar-refractivity contribution in [3.63, 3.8) is 0 Å². The van der Waals surface area contributed by atoms with Crippen LogP contribution in [0, 0.1) is 0 Å². The van der Waals surface area contributed by atoms with Gasteiger partial charge in [-0.25, -0.2) is 0 Å². The van der Waals surface area contributed by atoms with Crippen LogP contribution >= 0.6 is 0 Å². The average Bonchev–Trinajstić information content (AvgIpc) is 2.91. The topological polar surface area (TPSA) is 37.0 Å². The van der Waals surface area contributed by atoms with Crippen LogP contribution in [0.4, 0.5) is 0 Å². The molecule has 1 aromatic carbocycles. The van der Waals surface area contributed by atoms with Gasteiger partial charge in [0.1, 0.15) is 0 Å². The second-order valence-corrected chi connectivity index (χ2v) is 5.73. The van der Waals surface area contributed by atoms with Crippen LogP contribution in [0.5, 0.6) is 0 Å². The summed E-state index contributed by atoms with van der Waals surface area (Å²) in [6.07, 6.45) is 8.67. The number of H-pyrrole nitrogens is 1. The molecule has 0 radical (unpaired) electrons. The van der Waals surface area contributed by atoms with Gasteiger partial charge in [-0.15, -0.1) is 0 Å². The Morgan fingerprint density at radius 3 is 3.00 bits per heavy atom. The summed E-state index contributed by atoms with van der Waals surface area (Å²) in [4.78, 5) is 3.34. The largest absolute Gasteiger partial charge is 0.380 e. The van der Waals surface area contributed by atoms with Crippen molar-refractivity contribution in [1.82, 2.24) is 10.3 Å². The number of fused-ring (bicyclic) bond motifs is 1. The molecule has 0 saturated heterocycles. The molecule has 1 aliphatic rings. The maximum Gasteiger partial charge on any atom is 0.0724 e. The molecule has 0 amide bonds. The van der Waals surface area contributed by atoms with Gasteiger partial charge in [-0.3, -0.25) is 0 Å². The van der Waals surface area contributed by atoms with Gasteiger partial charge in [0.25, 0.3) is 0 Å². The van der Waals surface area contributed by atoms with Crippen LogP contribution in [0.15, 0.2) is 30.5 Å². The fourth-order valence-corrected chi connectivity index (χ4v) is 3.34. The van der Waals surface area contributed by atoms with Crippen LogP contribution < -0.4 is 5.32 Å². The Balaban J connectivity index is 1.57. The van der Waals surface area contributed by atoms with Gasteiger partial charge in [-0.2, -0.15) is 0 Å². The van der Waals surface area contributed by atoms with Crippen molar-refractivity contribution in [3.05, 3.63) is 36.0 Å². The number of aromatic amines is 1. The van der Waals surface area contributed by atoms with Crippen LogP contribution in [0.1, 0.15) is 31.2 Å². The molecule has 2 N–H and O–H groups in total. The lowest BCUT2D eigenvalue weighted by Gasteiger charge is -2.31. The first-order valence-corrected chi connectivity index (χ1v) is 7.69. The first-order valence-electron chi connectivity index (χ1n) is 7.69. The van der Waals surface area contributed by atoms with Gasteiger partial charge >= 0.3 is 0 Å². The van der Waals surface area contributed by atoms with E-state index in [4.69, 9.17) is 4.74 Å². The Labute approximate surface area is 120 Å². The van der Waals surface area contributed by atoms with E-state index in [0.717, 1.165) is 13.0 Å². The van der Waals surface area contributed by atoms with E-state index < -0.39 is 0 Å². The predicted molar refractivity (Wildman–Crippen MR) is 83.1 cm³/mol. The zero-order valence-electron chi connectivity index (χ0n) is 12.2. The lowest BCUT2D eigenvalue weighted by molar-refractivity contribution is 0.0421. The molecule has 1 fully saturated rings. The van der Waals surface area contributed by atoms with E-state index in [9.17, 15) is 0 Å². The van der Waals surface area contributed by atoms with Gasteiger partial charge in [0, 0.05) is 30.3 Å². The summed E-state index contributed by atoms with van der Waals surface area (Å²) in [6.45, 7) is 1.02. The van der Waals surface area contributed by atoms with Crippen molar-refractivity contribution in [2.75, 3.05) is 13.7 Å². The first kappa shape index (κ1) is 13.7. The Morgan fingerprint density at radius 2 is 2.10 bits per heavy atom. The quantitative estimate of drug-likeness (QED) is 0.876. The highest BCUT2D eigenvalue weighted by atomic mass is 16.5. The molecule has 0 unspecified atom stereocenters. The molecule has 1 aliphatic carbocycles. The molecule has 1 aromatic heterocycles. The fourth-order valence-electron chi connectivity index (χ4n) is 3.34. The van der Waals surface area contributed by atoms with Gasteiger partial charge in [0.05, 0.1) is 6.10 Å². The van der Waals surface area contributed by atoms with Crippen molar-refractivity contribution in [3.8, 4) is 0 Å². The summed E-state index contributed by atoms with van der Waals surface area (Å²) < 4.78 is 5.59. The van der Waals surface area contributed by atoms with E-state index in [1.807, 2.05) is 7.11 Å². The zero-order chi connectivity index (χ0) is 13.8. The smallest absolute Gasteiger partial charge is 0.0724 e. The summed E-state index contributed by atoms with van der Waals surface area (Å²) in [6, 6.07) is 9.04. The summed E-state index contributed by atoms with van der Waals surface area (Å²) >= 11 is 0. The highest BCUT2D eigenvalue weighted by molar-refractivity contribution is 5.83. The molecule has 2 aromatic rings. The first-order chi connectivity index (χ1) is 9.88. The molecular weight excluding hydrogens is 248 g/mol. The standard InChI is InChI=1S/C17H24N2O/c1-20-17-9-5-4-8-16(17)18-11-10-13-12-19-15-7-3-2-6-14(13)15/h2-3,6-7,12,16-19H,4-5,8-11H2,1H3/t16-,17-/m0/s1. The number of hydrogen-bond acceptors (Lipinski definition) is 2. The predicted octanol–water partition coefficient (Wildman–Crippen LogP) is 3.26. The van der Waals surface area contributed by atoms with Crippen LogP contribution in [0.2, 0.25) is 0 Å². The Kier molecular flexibility index (Phi) is 4.38. The molecule has 1 heterocycles. The molecule has 0 spiro atoms. The van der Waals surface area contributed by atoms with Crippen LogP contribution in [0.3, 0.4) is 0 Å². The van der Waals surface area contributed by atoms with E-state index in [2.05, 4.69) is 40.8 Å². The van der Waals surface area contributed by atoms with E-state index >= 15 is 0 Å². The molecule has 0 bridgehead atoms. The van der Waals surface area contributed by atoms with Gasteiger partial charge < -0.3 is 15.0 Å². The van der Waals surface area contributed by atoms with Crippen molar-refractivity contribution in [1.29, 1.82) is 0 Å². The molecule has 3 heteroatoms. The summed E-state index contributed by atoms with van der Waals surface area (Å²) in [5.74, 6) is 0. The number of aromatic nitrogens is 1. The van der Waals surface area contributed by atoms with Crippen molar-refractivity contribution >= 4 is 10.9 Å². The van der Waals surface area contributed by atoms with Gasteiger partial charge in [0.15, 0.2) is 0 Å². The average molecular weight is 272 g/mol. The monoisotopic (exact) mass is 272 g/mol. The Hall–Kier alpha value is -1.32. The minimum Gasteiger partial charge on any atom is -0.380 e. The molecule has 20 heavy (non-hydrogen) atoms. The number of hydrogen-bond donors (Lipinski definition) is 2. The molecular formula is C17H24N2O. The lowest BCUT2D eigenvalue weighted by atomic mass is 9.92. The third-order valence-electron chi connectivity index (χ3n) is 4.48. The van der Waals surface area contributed by atoms with E-state index in [-0.39, 0.29) is 0 Å². The lowest BCUT2D eigenvalue weighted by Crippen LogP contribution is -2.43. The van der Waals surface area contributed by atoms with Gasteiger partial charge in [-0.05, 0) is 37.4 Å². The minimum atomic E-state index is 0.395. The number of nitrogens with one attached hydrogen (secondary N) is 2. The highest BCUT2D eigenvalue weighted by Gasteiger charge is 2.23. The highest BCUT2D eigenvalue weighted by Crippen LogP contribution is 2.21. The molecule has 3 rings (SSSR count). The number of rotatable bonds is 5. The molecule has 3 nitrogen and oxygen atoms in total. The molecule has 2 atom stereocenters. The minimum absolute atomic E-state index is 0.395. The Morgan fingerprint density at radius 1 is 1.25 bits per heavy atom. The van der Waals surface area contributed by atoms with Gasteiger partial charge in [0.2, 0.25) is 0 Å². The van der Waals surface area contributed by atoms with Crippen LogP contribution in [0.25, 0.3) is 10.9 Å². The maximum atomic E-state index is 5.59. The number of benzene rings is 1. The third kappa shape index (κ3) is 2.89.